The van der Waals surface area contributed by atoms with Crippen molar-refractivity contribution in [3.63, 3.8) is 0 Å². The van der Waals surface area contributed by atoms with Crippen LogP contribution in [0.25, 0.3) is 0 Å². The number of pyridine rings is 1. The van der Waals surface area contributed by atoms with Gasteiger partial charge in [0.15, 0.2) is 0 Å². The maximum Gasteiger partial charge on any atom is 0.254 e. The number of ether oxygens (including phenoxy) is 1. The molecule has 0 atom stereocenters. The van der Waals surface area contributed by atoms with Crippen molar-refractivity contribution < 1.29 is 13.2 Å². The summed E-state index contributed by atoms with van der Waals surface area (Å²) in [4.78, 5) is 12.0. The highest BCUT2D eigenvalue weighted by Gasteiger charge is 2.15. The number of sulfonamides is 1. The van der Waals surface area contributed by atoms with Gasteiger partial charge in [0.25, 0.3) is 5.56 Å². The fourth-order valence-corrected chi connectivity index (χ4v) is 3.02. The van der Waals surface area contributed by atoms with Crippen molar-refractivity contribution in [3.8, 4) is 5.75 Å². The average molecular weight is 326 g/mol. The topological polar surface area (TPSA) is 95.2 Å². The van der Waals surface area contributed by atoms with Crippen molar-refractivity contribution in [2.45, 2.75) is 18.4 Å². The smallest absolute Gasteiger partial charge is 0.254 e. The van der Waals surface area contributed by atoms with Crippen LogP contribution in [-0.4, -0.2) is 36.4 Å². The molecule has 2 rings (SSSR count). The fraction of sp³-hybridized carbons (Fsp3) is 0.385. The Labute approximate surface area is 128 Å². The van der Waals surface area contributed by atoms with Crippen LogP contribution >= 0.6 is 0 Å². The van der Waals surface area contributed by atoms with Gasteiger partial charge < -0.3 is 9.30 Å². The minimum Gasteiger partial charge on any atom is -0.496 e. The Hall–Kier alpha value is -2.13. The molecule has 0 aromatic carbocycles. The summed E-state index contributed by atoms with van der Waals surface area (Å²) in [5, 5.41) is 3.82. The van der Waals surface area contributed by atoms with Crippen LogP contribution in [0.4, 0.5) is 0 Å². The third-order valence-electron chi connectivity index (χ3n) is 3.16. The zero-order chi connectivity index (χ0) is 16.3. The lowest BCUT2D eigenvalue weighted by molar-refractivity contribution is 0.411. The van der Waals surface area contributed by atoms with Crippen molar-refractivity contribution >= 4 is 10.0 Å². The summed E-state index contributed by atoms with van der Waals surface area (Å²) in [5.74, 6) is 0.481. The van der Waals surface area contributed by atoms with E-state index in [1.165, 1.54) is 34.8 Å². The molecule has 0 unspecified atom stereocenters. The predicted octanol–water partition coefficient (Wildman–Crippen LogP) is -0.123. The molecule has 9 heteroatoms. The van der Waals surface area contributed by atoms with Gasteiger partial charge in [-0.1, -0.05) is 0 Å². The van der Waals surface area contributed by atoms with Gasteiger partial charge in [-0.25, -0.2) is 13.1 Å². The van der Waals surface area contributed by atoms with Gasteiger partial charge in [0.2, 0.25) is 10.0 Å². The molecule has 2 heterocycles. The molecule has 0 amide bonds. The van der Waals surface area contributed by atoms with Gasteiger partial charge in [-0.05, 0) is 13.0 Å². The molecule has 22 heavy (non-hydrogen) atoms. The first-order chi connectivity index (χ1) is 10.3. The highest BCUT2D eigenvalue weighted by Crippen LogP contribution is 2.09. The number of nitrogens with zero attached hydrogens (tertiary/aromatic N) is 3. The van der Waals surface area contributed by atoms with Crippen LogP contribution in [0.2, 0.25) is 0 Å². The van der Waals surface area contributed by atoms with E-state index in [2.05, 4.69) is 9.82 Å². The molecule has 0 bridgehead atoms. The lowest BCUT2D eigenvalue weighted by atomic mass is 10.3. The first-order valence-corrected chi connectivity index (χ1v) is 8.05. The molecule has 8 nitrogen and oxygen atoms in total. The molecule has 1 N–H and O–H groups in total. The van der Waals surface area contributed by atoms with Crippen molar-refractivity contribution in [1.29, 1.82) is 0 Å². The van der Waals surface area contributed by atoms with E-state index in [9.17, 15) is 13.2 Å². The van der Waals surface area contributed by atoms with Crippen molar-refractivity contribution in [3.05, 3.63) is 40.6 Å². The van der Waals surface area contributed by atoms with Crippen LogP contribution in [0.15, 0.2) is 34.2 Å². The summed E-state index contributed by atoms with van der Waals surface area (Å²) in [7, 11) is -0.497. The second-order valence-electron chi connectivity index (χ2n) is 4.77. The molecule has 120 valence electrons. The molecule has 0 fully saturated rings. The number of hydrogen-bond donors (Lipinski definition) is 1. The monoisotopic (exact) mass is 326 g/mol. The van der Waals surface area contributed by atoms with Crippen molar-refractivity contribution in [2.75, 3.05) is 13.7 Å². The predicted molar refractivity (Wildman–Crippen MR) is 80.4 cm³/mol. The summed E-state index contributed by atoms with van der Waals surface area (Å²) >= 11 is 0. The van der Waals surface area contributed by atoms with Crippen LogP contribution in [-0.2, 0) is 23.6 Å². The summed E-state index contributed by atoms with van der Waals surface area (Å²) in [5.41, 5.74) is 0.461. The fourth-order valence-electron chi connectivity index (χ4n) is 2.02. The van der Waals surface area contributed by atoms with Crippen LogP contribution in [0, 0.1) is 6.92 Å². The van der Waals surface area contributed by atoms with Gasteiger partial charge in [0.05, 0.1) is 13.3 Å². The Kier molecular flexibility index (Phi) is 4.67. The van der Waals surface area contributed by atoms with Crippen molar-refractivity contribution in [2.24, 2.45) is 7.05 Å². The number of rotatable bonds is 6. The summed E-state index contributed by atoms with van der Waals surface area (Å²) in [6.07, 6.45) is 2.68. The van der Waals surface area contributed by atoms with Gasteiger partial charge in [0.1, 0.15) is 10.6 Å². The Balaban J connectivity index is 2.07. The summed E-state index contributed by atoms with van der Waals surface area (Å²) < 4.78 is 34.4. The average Bonchev–Trinajstić information content (AvgIpc) is 2.89. The maximum absolute atomic E-state index is 12.0. The number of nitrogens with one attached hydrogen (secondary N) is 1. The number of aryl methyl sites for hydroxylation is 2. The Bertz CT molecular complexity index is 823. The highest BCUT2D eigenvalue weighted by molar-refractivity contribution is 7.89. The normalized spacial score (nSPS) is 11.6. The van der Waals surface area contributed by atoms with Crippen LogP contribution in [0.1, 0.15) is 5.69 Å². The van der Waals surface area contributed by atoms with Crippen LogP contribution in [0.3, 0.4) is 0 Å². The minimum absolute atomic E-state index is 0.0915. The van der Waals surface area contributed by atoms with E-state index in [1.807, 2.05) is 0 Å². The molecule has 2 aromatic heterocycles. The third kappa shape index (κ3) is 3.55. The number of methoxy groups -OCH3 is 1. The SMILES string of the molecule is COc1cc(C)n(CCNS(=O)(=O)c2cnn(C)c2)c(=O)c1. The van der Waals surface area contributed by atoms with E-state index in [-0.39, 0.29) is 23.5 Å². The molecule has 0 spiro atoms. The Morgan fingerprint density at radius 3 is 2.64 bits per heavy atom. The third-order valence-corrected chi connectivity index (χ3v) is 4.58. The van der Waals surface area contributed by atoms with E-state index in [4.69, 9.17) is 4.74 Å². The van der Waals surface area contributed by atoms with E-state index in [1.54, 1.807) is 20.0 Å². The summed E-state index contributed by atoms with van der Waals surface area (Å²) in [6, 6.07) is 3.08. The first kappa shape index (κ1) is 16.2. The van der Waals surface area contributed by atoms with E-state index < -0.39 is 10.0 Å². The van der Waals surface area contributed by atoms with Crippen LogP contribution < -0.4 is 15.0 Å². The zero-order valence-electron chi connectivity index (χ0n) is 12.6. The van der Waals surface area contributed by atoms with Gasteiger partial charge >= 0.3 is 0 Å². The lowest BCUT2D eigenvalue weighted by Gasteiger charge is -2.11. The highest BCUT2D eigenvalue weighted by atomic mass is 32.2. The van der Waals surface area contributed by atoms with Crippen LogP contribution in [0.5, 0.6) is 5.75 Å². The molecular weight excluding hydrogens is 308 g/mol. The van der Waals surface area contributed by atoms with Gasteiger partial charge in [-0.15, -0.1) is 0 Å². The second kappa shape index (κ2) is 6.32. The van der Waals surface area contributed by atoms with Gasteiger partial charge in [-0.2, -0.15) is 5.10 Å². The largest absolute Gasteiger partial charge is 0.496 e. The van der Waals surface area contributed by atoms with Gasteiger partial charge in [0, 0.05) is 38.1 Å². The zero-order valence-corrected chi connectivity index (χ0v) is 13.4. The van der Waals surface area contributed by atoms with E-state index in [0.29, 0.717) is 11.4 Å². The minimum atomic E-state index is -3.62. The molecular formula is C13H18N4O4S. The first-order valence-electron chi connectivity index (χ1n) is 6.57. The number of aromatic nitrogens is 3. The molecule has 2 aromatic rings. The maximum atomic E-state index is 12.0. The molecule has 0 aliphatic carbocycles. The molecule has 0 saturated carbocycles. The standard InChI is InChI=1S/C13H18N4O4S/c1-10-6-11(21-3)7-13(18)17(10)5-4-15-22(19,20)12-8-14-16(2)9-12/h6-9,15H,4-5H2,1-3H3. The van der Waals surface area contributed by atoms with E-state index >= 15 is 0 Å². The lowest BCUT2D eigenvalue weighted by Crippen LogP contribution is -2.31. The molecule has 0 saturated heterocycles. The summed E-state index contributed by atoms with van der Waals surface area (Å²) in [6.45, 7) is 2.10. The number of hydrogen-bond acceptors (Lipinski definition) is 5. The molecule has 0 radical (unpaired) electrons. The quantitative estimate of drug-likeness (QED) is 0.798. The Morgan fingerprint density at radius 1 is 1.36 bits per heavy atom. The molecule has 0 aliphatic heterocycles. The molecule has 0 aliphatic rings. The van der Waals surface area contributed by atoms with E-state index in [0.717, 1.165) is 0 Å². The second-order valence-corrected chi connectivity index (χ2v) is 6.54. The Morgan fingerprint density at radius 2 is 2.09 bits per heavy atom. The van der Waals surface area contributed by atoms with Gasteiger partial charge in [-0.3, -0.25) is 9.48 Å². The van der Waals surface area contributed by atoms with Crippen molar-refractivity contribution in [1.82, 2.24) is 19.1 Å².